The maximum Gasteiger partial charge on any atom is 0.0462 e. The van der Waals surface area contributed by atoms with Gasteiger partial charge in [0.25, 0.3) is 0 Å². The van der Waals surface area contributed by atoms with Crippen LogP contribution in [0.4, 0.5) is 34.1 Å². The minimum Gasteiger partial charge on any atom is -0.311 e. The lowest BCUT2D eigenvalue weighted by Crippen LogP contribution is -2.09. The fourth-order valence-corrected chi connectivity index (χ4v) is 8.10. The molecule has 0 atom stereocenters. The maximum atomic E-state index is 2.29. The lowest BCUT2D eigenvalue weighted by molar-refractivity contribution is 1.28. The molecule has 0 fully saturated rings. The second-order valence-corrected chi connectivity index (χ2v) is 15.1. The summed E-state index contributed by atoms with van der Waals surface area (Å²) in [6.07, 6.45) is 4.42. The SMILES string of the molecule is C(=Cc1ccc2cc(-c3ccc(N(c4ccccc4)c4ccccc4)cc3)ccc2c1)c1ccc2cc(-c3ccc(N(c4ccccc4)c4ccccc4)cc3)ccc2c1. The Hall–Kier alpha value is -7.94. The normalized spacial score (nSPS) is 11.3. The van der Waals surface area contributed by atoms with Crippen LogP contribution in [-0.4, -0.2) is 0 Å². The Bertz CT molecular complexity index is 2760. The van der Waals surface area contributed by atoms with Gasteiger partial charge in [-0.15, -0.1) is 0 Å². The number of fused-ring (bicyclic) bond motifs is 2. The van der Waals surface area contributed by atoms with Gasteiger partial charge in [-0.3, -0.25) is 0 Å². The molecule has 0 N–H and O–H groups in total. The summed E-state index contributed by atoms with van der Waals surface area (Å²) in [6.45, 7) is 0. The van der Waals surface area contributed by atoms with Crippen molar-refractivity contribution in [2.24, 2.45) is 0 Å². The van der Waals surface area contributed by atoms with Crippen LogP contribution in [-0.2, 0) is 0 Å². The zero-order chi connectivity index (χ0) is 40.1. The first-order valence-corrected chi connectivity index (χ1v) is 20.5. The van der Waals surface area contributed by atoms with Gasteiger partial charge in [0.15, 0.2) is 0 Å². The molecule has 2 heteroatoms. The highest BCUT2D eigenvalue weighted by atomic mass is 15.1. The molecule has 284 valence electrons. The van der Waals surface area contributed by atoms with Gasteiger partial charge in [-0.2, -0.15) is 0 Å². The van der Waals surface area contributed by atoms with Gasteiger partial charge in [-0.1, -0.05) is 158 Å². The molecule has 0 amide bonds. The first-order valence-electron chi connectivity index (χ1n) is 20.5. The summed E-state index contributed by atoms with van der Waals surface area (Å²) in [5.41, 5.74) is 14.0. The van der Waals surface area contributed by atoms with Crippen molar-refractivity contribution >= 4 is 67.8 Å². The summed E-state index contributed by atoms with van der Waals surface area (Å²) in [7, 11) is 0. The Morgan fingerprint density at radius 1 is 0.217 bits per heavy atom. The average molecular weight is 767 g/mol. The summed E-state index contributed by atoms with van der Waals surface area (Å²) in [6, 6.07) is 86.8. The molecule has 0 spiro atoms. The third-order valence-electron chi connectivity index (χ3n) is 11.2. The molecule has 10 aromatic carbocycles. The van der Waals surface area contributed by atoms with E-state index in [1.165, 1.54) is 54.9 Å². The van der Waals surface area contributed by atoms with E-state index in [9.17, 15) is 0 Å². The second kappa shape index (κ2) is 16.5. The molecule has 0 radical (unpaired) electrons. The number of hydrogen-bond donors (Lipinski definition) is 0. The fraction of sp³-hybridized carbons (Fsp3) is 0. The molecule has 0 aliphatic heterocycles. The van der Waals surface area contributed by atoms with Crippen molar-refractivity contribution in [3.05, 3.63) is 254 Å². The first-order chi connectivity index (χ1) is 29.7. The van der Waals surface area contributed by atoms with Gasteiger partial charge in [0.05, 0.1) is 0 Å². The quantitative estimate of drug-likeness (QED) is 0.128. The van der Waals surface area contributed by atoms with Gasteiger partial charge in [0.1, 0.15) is 0 Å². The predicted molar refractivity (Wildman–Crippen MR) is 257 cm³/mol. The van der Waals surface area contributed by atoms with Crippen molar-refractivity contribution in [2.75, 3.05) is 9.80 Å². The Morgan fingerprint density at radius 3 is 0.817 bits per heavy atom. The molecule has 0 heterocycles. The maximum absolute atomic E-state index is 2.29. The lowest BCUT2D eigenvalue weighted by Gasteiger charge is -2.25. The summed E-state index contributed by atoms with van der Waals surface area (Å²) >= 11 is 0. The van der Waals surface area contributed by atoms with E-state index in [-0.39, 0.29) is 0 Å². The monoisotopic (exact) mass is 766 g/mol. The number of rotatable bonds is 10. The van der Waals surface area contributed by atoms with Gasteiger partial charge >= 0.3 is 0 Å². The third kappa shape index (κ3) is 7.70. The van der Waals surface area contributed by atoms with Crippen molar-refractivity contribution in [1.29, 1.82) is 0 Å². The molecular formula is C58H42N2. The zero-order valence-corrected chi connectivity index (χ0v) is 33.1. The molecule has 60 heavy (non-hydrogen) atoms. The number of nitrogens with zero attached hydrogens (tertiary/aromatic N) is 2. The number of hydrogen-bond acceptors (Lipinski definition) is 2. The van der Waals surface area contributed by atoms with Crippen molar-refractivity contribution < 1.29 is 0 Å². The Labute approximate surface area is 352 Å². The minimum absolute atomic E-state index is 1.13. The van der Waals surface area contributed by atoms with Gasteiger partial charge in [0.2, 0.25) is 0 Å². The van der Waals surface area contributed by atoms with Crippen LogP contribution in [0.3, 0.4) is 0 Å². The highest BCUT2D eigenvalue weighted by Gasteiger charge is 2.14. The number of benzene rings is 10. The van der Waals surface area contributed by atoms with Crippen molar-refractivity contribution in [1.82, 2.24) is 0 Å². The van der Waals surface area contributed by atoms with Gasteiger partial charge in [-0.05, 0) is 152 Å². The molecule has 2 nitrogen and oxygen atoms in total. The van der Waals surface area contributed by atoms with Crippen molar-refractivity contribution in [2.45, 2.75) is 0 Å². The van der Waals surface area contributed by atoms with Crippen LogP contribution in [0.1, 0.15) is 11.1 Å². The van der Waals surface area contributed by atoms with E-state index >= 15 is 0 Å². The molecule has 0 unspecified atom stereocenters. The van der Waals surface area contributed by atoms with E-state index in [4.69, 9.17) is 0 Å². The first kappa shape index (κ1) is 36.4. The minimum atomic E-state index is 1.13. The molecule has 0 aliphatic rings. The summed E-state index contributed by atoms with van der Waals surface area (Å²) in [5, 5.41) is 4.90. The summed E-state index contributed by atoms with van der Waals surface area (Å²) in [4.78, 5) is 4.58. The molecule has 0 saturated heterocycles. The predicted octanol–water partition coefficient (Wildman–Crippen LogP) is 16.4. The molecule has 0 aliphatic carbocycles. The zero-order valence-electron chi connectivity index (χ0n) is 33.1. The third-order valence-corrected chi connectivity index (χ3v) is 11.2. The largest absolute Gasteiger partial charge is 0.311 e. The highest BCUT2D eigenvalue weighted by molar-refractivity contribution is 5.92. The molecular weight excluding hydrogens is 725 g/mol. The van der Waals surface area contributed by atoms with Crippen LogP contribution in [0.25, 0.3) is 56.0 Å². The lowest BCUT2D eigenvalue weighted by atomic mass is 9.98. The highest BCUT2D eigenvalue weighted by Crippen LogP contribution is 2.37. The van der Waals surface area contributed by atoms with Crippen molar-refractivity contribution in [3.63, 3.8) is 0 Å². The summed E-state index contributed by atoms with van der Waals surface area (Å²) < 4.78 is 0. The topological polar surface area (TPSA) is 6.48 Å². The Morgan fingerprint density at radius 2 is 0.483 bits per heavy atom. The standard InChI is InChI=1S/C58H42N2/c1-5-13-53(14-6-1)59(54-15-7-2-8-16-54)57-35-31-45(32-36-57)49-29-27-47-39-43(23-25-51(47)41-49)21-22-44-24-26-52-42-50(30-28-48(52)40-44)46-33-37-58(38-34-46)60(55-17-9-3-10-18-55)56-19-11-4-12-20-56/h1-42H. The Balaban J connectivity index is 0.838. The van der Waals surface area contributed by atoms with Crippen molar-refractivity contribution in [3.8, 4) is 22.3 Å². The van der Waals surface area contributed by atoms with Crippen LogP contribution in [0.2, 0.25) is 0 Å². The van der Waals surface area contributed by atoms with E-state index in [1.54, 1.807) is 0 Å². The van der Waals surface area contributed by atoms with E-state index in [2.05, 4.69) is 265 Å². The molecule has 10 aromatic rings. The van der Waals surface area contributed by atoms with E-state index < -0.39 is 0 Å². The van der Waals surface area contributed by atoms with Crippen LogP contribution in [0.5, 0.6) is 0 Å². The van der Waals surface area contributed by atoms with E-state index in [1.807, 2.05) is 0 Å². The van der Waals surface area contributed by atoms with Crippen LogP contribution in [0, 0.1) is 0 Å². The fourth-order valence-electron chi connectivity index (χ4n) is 8.10. The van der Waals surface area contributed by atoms with E-state index in [0.29, 0.717) is 0 Å². The van der Waals surface area contributed by atoms with Gasteiger partial charge in [0, 0.05) is 34.1 Å². The van der Waals surface area contributed by atoms with Crippen LogP contribution in [0.15, 0.2) is 243 Å². The average Bonchev–Trinajstić information content (AvgIpc) is 3.32. The second-order valence-electron chi connectivity index (χ2n) is 15.1. The molecule has 10 rings (SSSR count). The van der Waals surface area contributed by atoms with Crippen LogP contribution >= 0.6 is 0 Å². The van der Waals surface area contributed by atoms with Gasteiger partial charge in [-0.25, -0.2) is 0 Å². The molecule has 0 saturated carbocycles. The number of para-hydroxylation sites is 4. The molecule has 0 bridgehead atoms. The van der Waals surface area contributed by atoms with Crippen LogP contribution < -0.4 is 9.80 Å². The summed E-state index contributed by atoms with van der Waals surface area (Å²) in [5.74, 6) is 0. The smallest absolute Gasteiger partial charge is 0.0462 e. The van der Waals surface area contributed by atoms with Gasteiger partial charge < -0.3 is 9.80 Å². The molecule has 0 aromatic heterocycles. The number of anilines is 6. The van der Waals surface area contributed by atoms with E-state index in [0.717, 1.165) is 34.1 Å². The Kier molecular flexibility index (Phi) is 10.0.